The van der Waals surface area contributed by atoms with E-state index in [0.29, 0.717) is 16.1 Å². The summed E-state index contributed by atoms with van der Waals surface area (Å²) in [5, 5.41) is 3.23. The standard InChI is InChI=1S/C21H19N5O5/c1-3-25-15-10-9-12(11-14(15)22-17(28)18(25)29)16(27)24-26-19(30)21(2,23-20(26)31)13-7-5-4-6-8-13/h4-11H,3H2,1-2H3,(H,22,28)(H,23,31)(H,24,27). The highest BCUT2D eigenvalue weighted by atomic mass is 16.2. The first-order valence-corrected chi connectivity index (χ1v) is 9.56. The highest BCUT2D eigenvalue weighted by Crippen LogP contribution is 2.27. The Morgan fingerprint density at radius 3 is 2.45 bits per heavy atom. The maximum absolute atomic E-state index is 12.9. The second kappa shape index (κ2) is 7.24. The first kappa shape index (κ1) is 20.1. The second-order valence-corrected chi connectivity index (χ2v) is 7.24. The van der Waals surface area contributed by atoms with Crippen LogP contribution in [0, 0.1) is 0 Å². The van der Waals surface area contributed by atoms with Crippen molar-refractivity contribution < 1.29 is 14.4 Å². The number of rotatable bonds is 4. The number of amides is 4. The quantitative estimate of drug-likeness (QED) is 0.424. The summed E-state index contributed by atoms with van der Waals surface area (Å²) in [4.78, 5) is 64.4. The molecule has 10 nitrogen and oxygen atoms in total. The lowest BCUT2D eigenvalue weighted by Gasteiger charge is -2.22. The van der Waals surface area contributed by atoms with E-state index in [9.17, 15) is 24.0 Å². The summed E-state index contributed by atoms with van der Waals surface area (Å²) in [5.74, 6) is -1.36. The van der Waals surface area contributed by atoms with Gasteiger partial charge in [-0.25, -0.2) is 4.79 Å². The van der Waals surface area contributed by atoms with Crippen molar-refractivity contribution in [3.8, 4) is 0 Å². The summed E-state index contributed by atoms with van der Waals surface area (Å²) < 4.78 is 1.29. The summed E-state index contributed by atoms with van der Waals surface area (Å²) >= 11 is 0. The number of carbonyl (C=O) groups is 3. The molecule has 1 fully saturated rings. The van der Waals surface area contributed by atoms with Gasteiger partial charge < -0.3 is 14.9 Å². The van der Waals surface area contributed by atoms with Crippen molar-refractivity contribution in [2.24, 2.45) is 0 Å². The topological polar surface area (TPSA) is 133 Å². The van der Waals surface area contributed by atoms with Crippen molar-refractivity contribution in [3.63, 3.8) is 0 Å². The van der Waals surface area contributed by atoms with Crippen LogP contribution in [0.25, 0.3) is 11.0 Å². The molecule has 1 aliphatic heterocycles. The second-order valence-electron chi connectivity index (χ2n) is 7.24. The zero-order valence-corrected chi connectivity index (χ0v) is 16.8. The number of hydrazine groups is 1. The summed E-state index contributed by atoms with van der Waals surface area (Å²) in [6, 6.07) is 12.3. The van der Waals surface area contributed by atoms with E-state index in [2.05, 4.69) is 15.7 Å². The molecule has 2 heterocycles. The van der Waals surface area contributed by atoms with Crippen molar-refractivity contribution in [1.82, 2.24) is 25.3 Å². The van der Waals surface area contributed by atoms with Gasteiger partial charge in [0.25, 0.3) is 11.8 Å². The number of hydrogen-bond donors (Lipinski definition) is 3. The lowest BCUT2D eigenvalue weighted by atomic mass is 9.92. The number of carbonyl (C=O) groups excluding carboxylic acids is 3. The third kappa shape index (κ3) is 3.18. The van der Waals surface area contributed by atoms with Crippen molar-refractivity contribution in [2.75, 3.05) is 0 Å². The molecule has 1 aliphatic rings. The Bertz CT molecular complexity index is 1340. The average molecular weight is 421 g/mol. The molecule has 4 amide bonds. The smallest absolute Gasteiger partial charge is 0.318 e. The summed E-state index contributed by atoms with van der Waals surface area (Å²) in [6.07, 6.45) is 0. The van der Waals surface area contributed by atoms with Gasteiger partial charge in [-0.1, -0.05) is 30.3 Å². The lowest BCUT2D eigenvalue weighted by Crippen LogP contribution is -2.47. The van der Waals surface area contributed by atoms with Gasteiger partial charge in [0, 0.05) is 12.1 Å². The van der Waals surface area contributed by atoms with Crippen LogP contribution in [0.15, 0.2) is 58.1 Å². The van der Waals surface area contributed by atoms with Crippen molar-refractivity contribution in [3.05, 3.63) is 80.4 Å². The third-order valence-electron chi connectivity index (χ3n) is 5.31. The number of benzene rings is 2. The number of H-pyrrole nitrogens is 1. The lowest BCUT2D eigenvalue weighted by molar-refractivity contribution is -0.132. The van der Waals surface area contributed by atoms with Gasteiger partial charge >= 0.3 is 17.1 Å². The predicted octanol–water partition coefficient (Wildman–Crippen LogP) is 0.822. The maximum atomic E-state index is 12.9. The molecule has 0 spiro atoms. The van der Waals surface area contributed by atoms with E-state index < -0.39 is 34.5 Å². The molecule has 0 bridgehead atoms. The van der Waals surface area contributed by atoms with Gasteiger partial charge in [0.2, 0.25) is 0 Å². The van der Waals surface area contributed by atoms with Crippen LogP contribution in [0.2, 0.25) is 0 Å². The SMILES string of the molecule is CCn1c(=O)c(=O)[nH]c2cc(C(=O)NN3C(=O)NC(C)(c4ccccc4)C3=O)ccc21. The van der Waals surface area contributed by atoms with Crippen LogP contribution in [-0.4, -0.2) is 32.4 Å². The summed E-state index contributed by atoms with van der Waals surface area (Å²) in [6.45, 7) is 3.56. The van der Waals surface area contributed by atoms with E-state index in [1.54, 1.807) is 44.2 Å². The average Bonchev–Trinajstić information content (AvgIpc) is 2.99. The van der Waals surface area contributed by atoms with Gasteiger partial charge in [-0.3, -0.25) is 24.6 Å². The minimum absolute atomic E-state index is 0.0957. The molecule has 10 heteroatoms. The van der Waals surface area contributed by atoms with E-state index in [1.807, 2.05) is 0 Å². The Balaban J connectivity index is 1.64. The third-order valence-corrected chi connectivity index (χ3v) is 5.31. The molecule has 1 saturated heterocycles. The van der Waals surface area contributed by atoms with Gasteiger partial charge in [0.15, 0.2) is 0 Å². The van der Waals surface area contributed by atoms with Crippen molar-refractivity contribution in [2.45, 2.75) is 25.9 Å². The highest BCUT2D eigenvalue weighted by Gasteiger charge is 2.50. The normalized spacial score (nSPS) is 18.3. The number of hydrogen-bond acceptors (Lipinski definition) is 5. The molecule has 4 rings (SSSR count). The first-order valence-electron chi connectivity index (χ1n) is 9.56. The Morgan fingerprint density at radius 1 is 1.06 bits per heavy atom. The molecule has 31 heavy (non-hydrogen) atoms. The first-order chi connectivity index (χ1) is 14.8. The minimum Gasteiger partial charge on any atom is -0.318 e. The highest BCUT2D eigenvalue weighted by molar-refractivity contribution is 6.09. The summed E-state index contributed by atoms with van der Waals surface area (Å²) in [5.41, 5.74) is 0.903. The fourth-order valence-corrected chi connectivity index (χ4v) is 3.61. The number of aryl methyl sites for hydroxylation is 1. The fourth-order valence-electron chi connectivity index (χ4n) is 3.61. The number of nitrogens with zero attached hydrogens (tertiary/aromatic N) is 2. The number of urea groups is 1. The van der Waals surface area contributed by atoms with Gasteiger partial charge in [-0.05, 0) is 37.6 Å². The monoisotopic (exact) mass is 421 g/mol. The molecule has 0 aliphatic carbocycles. The molecule has 3 N–H and O–H groups in total. The van der Waals surface area contributed by atoms with Crippen LogP contribution in [0.3, 0.4) is 0 Å². The Morgan fingerprint density at radius 2 is 1.77 bits per heavy atom. The van der Waals surface area contributed by atoms with Crippen LogP contribution >= 0.6 is 0 Å². The van der Waals surface area contributed by atoms with Gasteiger partial charge in [0.05, 0.1) is 11.0 Å². The van der Waals surface area contributed by atoms with E-state index in [4.69, 9.17) is 0 Å². The van der Waals surface area contributed by atoms with Crippen LogP contribution in [0.4, 0.5) is 4.79 Å². The molecule has 2 aromatic carbocycles. The van der Waals surface area contributed by atoms with Crippen molar-refractivity contribution >= 4 is 28.9 Å². The van der Waals surface area contributed by atoms with Gasteiger partial charge in [-0.15, -0.1) is 0 Å². The number of nitrogens with one attached hydrogen (secondary N) is 3. The Hall–Kier alpha value is -4.21. The fraction of sp³-hybridized carbons (Fsp3) is 0.190. The maximum Gasteiger partial charge on any atom is 0.344 e. The van der Waals surface area contributed by atoms with Gasteiger partial charge in [0.1, 0.15) is 5.54 Å². The molecule has 158 valence electrons. The Kier molecular flexibility index (Phi) is 4.69. The van der Waals surface area contributed by atoms with E-state index >= 15 is 0 Å². The Labute approximate surface area is 175 Å². The predicted molar refractivity (Wildman–Crippen MR) is 111 cm³/mol. The largest absolute Gasteiger partial charge is 0.344 e. The molecular weight excluding hydrogens is 402 g/mol. The zero-order valence-electron chi connectivity index (χ0n) is 16.8. The van der Waals surface area contributed by atoms with E-state index in [1.165, 1.54) is 22.8 Å². The van der Waals surface area contributed by atoms with E-state index in [0.717, 1.165) is 0 Å². The molecular formula is C21H19N5O5. The molecule has 0 saturated carbocycles. The zero-order chi connectivity index (χ0) is 22.3. The molecule has 1 aromatic heterocycles. The van der Waals surface area contributed by atoms with Crippen molar-refractivity contribution in [1.29, 1.82) is 0 Å². The number of fused-ring (bicyclic) bond motifs is 1. The minimum atomic E-state index is -1.32. The number of aromatic amines is 1. The van der Waals surface area contributed by atoms with Crippen LogP contribution in [-0.2, 0) is 16.9 Å². The van der Waals surface area contributed by atoms with Crippen LogP contribution in [0.5, 0.6) is 0 Å². The van der Waals surface area contributed by atoms with E-state index in [-0.39, 0.29) is 17.6 Å². The number of aromatic nitrogens is 2. The molecule has 1 atom stereocenters. The van der Waals surface area contributed by atoms with Gasteiger partial charge in [-0.2, -0.15) is 5.01 Å². The molecule has 0 radical (unpaired) electrons. The molecule has 1 unspecified atom stereocenters. The van der Waals surface area contributed by atoms with Crippen LogP contribution < -0.4 is 21.9 Å². The molecule has 3 aromatic rings. The number of imide groups is 1. The summed E-state index contributed by atoms with van der Waals surface area (Å²) in [7, 11) is 0. The van der Waals surface area contributed by atoms with Crippen LogP contribution in [0.1, 0.15) is 29.8 Å².